The molecule has 6 rings (SSSR count). The molecule has 0 saturated carbocycles. The van der Waals surface area contributed by atoms with Crippen LogP contribution in [0.25, 0.3) is 10.8 Å². The smallest absolute Gasteiger partial charge is 0.330 e. The van der Waals surface area contributed by atoms with Gasteiger partial charge in [-0.25, -0.2) is 14.0 Å². The zero-order chi connectivity index (χ0) is 65.2. The lowest BCUT2D eigenvalue weighted by atomic mass is 9.87. The molecule has 4 aromatic carbocycles. The van der Waals surface area contributed by atoms with Gasteiger partial charge in [-0.3, -0.25) is 33.6 Å². The molecule has 5 atom stereocenters. The molecule has 1 saturated heterocycles. The van der Waals surface area contributed by atoms with Gasteiger partial charge in [-0.2, -0.15) is 0 Å². The Kier molecular flexibility index (Phi) is 25.4. The van der Waals surface area contributed by atoms with Crippen molar-refractivity contribution in [2.45, 2.75) is 154 Å². The molecule has 2 aliphatic rings. The Bertz CT molecular complexity index is 3210. The maximum Gasteiger partial charge on any atom is 0.330 e. The number of ether oxygens (including phenoxy) is 6. The Morgan fingerprint density at radius 1 is 0.753 bits per heavy atom. The van der Waals surface area contributed by atoms with Crippen LogP contribution in [0.3, 0.4) is 0 Å². The van der Waals surface area contributed by atoms with Gasteiger partial charge >= 0.3 is 11.9 Å². The number of carbonyl (C=O) groups excluding carboxylic acids is 9. The maximum absolute atomic E-state index is 16.0. The zero-order valence-electron chi connectivity index (χ0n) is 53.4. The molecule has 89 heavy (non-hydrogen) atoms. The van der Waals surface area contributed by atoms with Crippen LogP contribution in [-0.4, -0.2) is 171 Å². The van der Waals surface area contributed by atoms with Gasteiger partial charge in [0.15, 0.2) is 23.9 Å². The van der Waals surface area contributed by atoms with E-state index in [9.17, 15) is 38.4 Å². The number of hydrogen-bond donors (Lipinski definition) is 1. The van der Waals surface area contributed by atoms with Gasteiger partial charge in [-0.15, -0.1) is 0 Å². The average molecular weight is 1230 g/mol. The molecule has 20 nitrogen and oxygen atoms in total. The van der Waals surface area contributed by atoms with E-state index < -0.39 is 107 Å². The molecule has 0 aliphatic carbocycles. The average Bonchev–Trinajstić information content (AvgIpc) is 1.14. The number of amides is 5. The van der Waals surface area contributed by atoms with E-state index in [1.807, 2.05) is 49.4 Å². The Morgan fingerprint density at radius 2 is 1.47 bits per heavy atom. The topological polar surface area (TPSA) is 234 Å². The molecule has 2 aliphatic heterocycles. The molecular formula is C68H88FN5O15. The molecule has 0 unspecified atom stereocenters. The minimum absolute atomic E-state index is 0.0152. The fourth-order valence-corrected chi connectivity index (χ4v) is 10.6. The first-order valence-electron chi connectivity index (χ1n) is 30.5. The number of nitrogens with one attached hydrogen (secondary N) is 1. The Hall–Kier alpha value is -8.20. The van der Waals surface area contributed by atoms with Crippen molar-refractivity contribution in [2.75, 3.05) is 68.3 Å². The van der Waals surface area contributed by atoms with E-state index in [2.05, 4.69) is 5.32 Å². The van der Waals surface area contributed by atoms with E-state index in [0.717, 1.165) is 28.5 Å². The summed E-state index contributed by atoms with van der Waals surface area (Å²) in [4.78, 5) is 133. The predicted octanol–water partition coefficient (Wildman–Crippen LogP) is 8.27. The molecule has 5 amide bonds. The lowest BCUT2D eigenvalue weighted by Crippen LogP contribution is -2.58. The number of aryl methyl sites for hydroxylation is 1. The Labute approximate surface area is 521 Å². The predicted molar refractivity (Wildman–Crippen MR) is 331 cm³/mol. The van der Waals surface area contributed by atoms with Gasteiger partial charge in [-0.05, 0) is 131 Å². The van der Waals surface area contributed by atoms with Gasteiger partial charge in [0.2, 0.25) is 23.5 Å². The first-order chi connectivity index (χ1) is 42.2. The molecule has 1 fully saturated rings. The van der Waals surface area contributed by atoms with Crippen LogP contribution >= 0.6 is 0 Å². The number of cyclic esters (lactones) is 2. The third-order valence-electron chi connectivity index (χ3n) is 16.1. The summed E-state index contributed by atoms with van der Waals surface area (Å²) in [7, 11) is 7.42. The van der Waals surface area contributed by atoms with Crippen LogP contribution < -0.4 is 19.5 Å². The highest BCUT2D eigenvalue weighted by molar-refractivity contribution is 6.38. The van der Waals surface area contributed by atoms with Crippen molar-refractivity contribution < 1.29 is 76.0 Å². The number of benzene rings is 4. The highest BCUT2D eigenvalue weighted by atomic mass is 19.1. The summed E-state index contributed by atoms with van der Waals surface area (Å²) in [5.74, 6) is -6.35. The number of carbonyl (C=O) groups is 9. The number of ketones is 2. The van der Waals surface area contributed by atoms with Crippen LogP contribution in [0, 0.1) is 11.2 Å². The number of likely N-dealkylation sites (N-methyl/N-ethyl adjacent to an activating group) is 2. The first-order valence-corrected chi connectivity index (χ1v) is 30.5. The van der Waals surface area contributed by atoms with Gasteiger partial charge in [0.05, 0.1) is 31.8 Å². The summed E-state index contributed by atoms with van der Waals surface area (Å²) in [6.45, 7) is 9.01. The van der Waals surface area contributed by atoms with E-state index in [4.69, 9.17) is 28.4 Å². The van der Waals surface area contributed by atoms with Gasteiger partial charge in [-0.1, -0.05) is 74.4 Å². The fraction of sp³-hybridized carbons (Fsp3) is 0.515. The van der Waals surface area contributed by atoms with Crippen molar-refractivity contribution in [1.82, 2.24) is 24.9 Å². The molecule has 0 spiro atoms. The lowest BCUT2D eigenvalue weighted by Gasteiger charge is -2.36. The van der Waals surface area contributed by atoms with Crippen LogP contribution in [0.2, 0.25) is 0 Å². The molecule has 482 valence electrons. The van der Waals surface area contributed by atoms with Crippen LogP contribution in [0.1, 0.15) is 129 Å². The Balaban J connectivity index is 1.37. The second kappa shape index (κ2) is 32.3. The summed E-state index contributed by atoms with van der Waals surface area (Å²) in [5, 5.41) is 4.79. The van der Waals surface area contributed by atoms with Crippen molar-refractivity contribution in [3.05, 3.63) is 114 Å². The fourth-order valence-electron chi connectivity index (χ4n) is 10.6. The summed E-state index contributed by atoms with van der Waals surface area (Å²) in [6, 6.07) is 17.4. The zero-order valence-corrected chi connectivity index (χ0v) is 53.4. The highest BCUT2D eigenvalue weighted by Gasteiger charge is 2.43. The molecule has 2 heterocycles. The van der Waals surface area contributed by atoms with E-state index in [-0.39, 0.29) is 88.3 Å². The lowest BCUT2D eigenvalue weighted by molar-refractivity contribution is -0.165. The third kappa shape index (κ3) is 19.9. The molecule has 21 heteroatoms. The number of hydrogen-bond acceptors (Lipinski definition) is 15. The largest absolute Gasteiger partial charge is 0.493 e. The van der Waals surface area contributed by atoms with E-state index in [1.165, 1.54) is 80.0 Å². The van der Waals surface area contributed by atoms with Gasteiger partial charge in [0, 0.05) is 65.6 Å². The molecular weight excluding hydrogens is 1150 g/mol. The molecule has 0 aromatic heterocycles. The molecule has 2 bridgehead atoms. The van der Waals surface area contributed by atoms with Crippen LogP contribution in [0.5, 0.6) is 17.2 Å². The first kappa shape index (κ1) is 69.9. The van der Waals surface area contributed by atoms with E-state index in [1.54, 1.807) is 46.0 Å². The maximum atomic E-state index is 16.0. The summed E-state index contributed by atoms with van der Waals surface area (Å²) < 4.78 is 50.8. The van der Waals surface area contributed by atoms with Crippen molar-refractivity contribution in [3.63, 3.8) is 0 Å². The number of unbranched alkanes of at least 4 members (excludes halogenated alkanes) is 1. The van der Waals surface area contributed by atoms with Crippen LogP contribution in [0.4, 0.5) is 4.39 Å². The summed E-state index contributed by atoms with van der Waals surface area (Å²) in [5.41, 5.74) is -0.693. The number of Topliss-reactive ketones (excluding diaryl/α,β-unsaturated/α-hetero) is 2. The van der Waals surface area contributed by atoms with Crippen molar-refractivity contribution in [3.8, 4) is 17.2 Å². The van der Waals surface area contributed by atoms with Crippen molar-refractivity contribution in [1.29, 1.82) is 0 Å². The van der Waals surface area contributed by atoms with Crippen LogP contribution in [-0.2, 0) is 70.2 Å². The summed E-state index contributed by atoms with van der Waals surface area (Å²) in [6.07, 6.45) is 3.94. The number of piperidine rings is 1. The van der Waals surface area contributed by atoms with Crippen LogP contribution in [0.15, 0.2) is 91.0 Å². The second-order valence-corrected chi connectivity index (χ2v) is 24.5. The molecule has 1 N–H and O–H groups in total. The second-order valence-electron chi connectivity index (χ2n) is 24.5. The number of nitrogens with zero attached hydrogens (tertiary/aromatic N) is 4. The van der Waals surface area contributed by atoms with E-state index in [0.29, 0.717) is 42.7 Å². The quantitative estimate of drug-likeness (QED) is 0.104. The normalized spacial score (nSPS) is 21.6. The minimum Gasteiger partial charge on any atom is -0.493 e. The number of fused-ring (bicyclic) bond motifs is 4. The van der Waals surface area contributed by atoms with Gasteiger partial charge in [0.25, 0.3) is 11.8 Å². The SMILES string of the molecule is CCCC[C@H]1C(=O)N[C@@H](Cc2ccc3ccccc3c2)C(=O)N(C)[C@@H](COC(C)(C)C)C(=O)CCC(=O)N(C)CCC=CC(=O)OCC(C)(C)C(=O)C(=O)N2CCCC[C@H]2C(=O)O[C@H](CCc2ccc(OC)c(OC)c2)c2cc(F)cc(c2)OCC(=O)N1C. The van der Waals surface area contributed by atoms with Crippen molar-refractivity contribution >= 4 is 63.8 Å². The third-order valence-corrected chi connectivity index (χ3v) is 16.1. The monoisotopic (exact) mass is 1230 g/mol. The number of rotatable bonds is 12. The van der Waals surface area contributed by atoms with Crippen molar-refractivity contribution in [2.24, 2.45) is 5.41 Å². The number of halogens is 1. The molecule has 0 radical (unpaired) electrons. The van der Waals surface area contributed by atoms with E-state index >= 15 is 9.18 Å². The van der Waals surface area contributed by atoms with Gasteiger partial charge < -0.3 is 53.3 Å². The molecule has 4 aromatic rings. The minimum atomic E-state index is -1.54. The van der Waals surface area contributed by atoms with Gasteiger partial charge in [0.1, 0.15) is 48.4 Å². The Morgan fingerprint density at radius 3 is 2.18 bits per heavy atom. The highest BCUT2D eigenvalue weighted by Crippen LogP contribution is 2.34. The summed E-state index contributed by atoms with van der Waals surface area (Å²) >= 11 is 0. The standard InChI is InChI=1S/C68H88FN5O15/c1-12-13-22-52-63(80)70-51(36-45-25-28-46-20-14-15-21-47(46)35-45)64(81)73(9)54(41-88-67(2,3)4)55(75)29-32-59(76)71(7)33-18-17-24-61(78)87-43-68(5,6)62(79)65(82)74-34-19-16-23-53(74)66(83)89-56(30-26-44-27-31-57(84-10)58(37-44)85-11)48-38-49(69)40-50(39-48)86-42-60(77)72(52)8/h14-15,17,20-21,24-25,27-28,31,35,37-40,51-54,56H,12-13,16,18-19,22-23,26,29-30,32-34,36,41-43H2,1-11H3,(H,70,80)/t51-,52-,53-,54-,56+/m0/s1. The number of methoxy groups -OCH3 is 2. The number of esters is 2.